The zero-order valence-electron chi connectivity index (χ0n) is 12.5. The molecule has 2 heteroatoms. The summed E-state index contributed by atoms with van der Waals surface area (Å²) in [5.74, 6) is 0.374. The van der Waals surface area contributed by atoms with E-state index in [0.717, 1.165) is 12.1 Å². The summed E-state index contributed by atoms with van der Waals surface area (Å²) in [4.78, 5) is 2.39. The molecule has 0 aliphatic carbocycles. The summed E-state index contributed by atoms with van der Waals surface area (Å²) in [6, 6.07) is 18.6. The molecule has 0 bridgehead atoms. The van der Waals surface area contributed by atoms with E-state index in [4.69, 9.17) is 0 Å². The van der Waals surface area contributed by atoms with Gasteiger partial charge in [0.2, 0.25) is 0 Å². The van der Waals surface area contributed by atoms with Crippen LogP contribution in [0.15, 0.2) is 54.6 Å². The van der Waals surface area contributed by atoms with Crippen LogP contribution in [0.4, 0.5) is 0 Å². The predicted molar refractivity (Wildman–Crippen MR) is 83.8 cm³/mol. The lowest BCUT2D eigenvalue weighted by Crippen LogP contribution is -2.29. The first-order chi connectivity index (χ1) is 9.65. The molecule has 2 atom stereocenters. The number of benzene rings is 2. The minimum absolute atomic E-state index is 0.177. The molecule has 0 aromatic heterocycles. The third-order valence-corrected chi connectivity index (χ3v) is 4.03. The van der Waals surface area contributed by atoms with Crippen LogP contribution in [0.25, 0.3) is 0 Å². The summed E-state index contributed by atoms with van der Waals surface area (Å²) in [5.41, 5.74) is 2.29. The molecule has 2 rings (SSSR count). The standard InChI is InChI=1S/C18H23NO/c1-4-19(14(2)16-10-6-5-7-11-16)15(3)17-12-8-9-13-18(17)20/h5-15,20H,4H2,1-3H3/t14-,15-/m1/s1. The summed E-state index contributed by atoms with van der Waals surface area (Å²) in [5, 5.41) is 10.1. The van der Waals surface area contributed by atoms with E-state index in [1.54, 1.807) is 6.07 Å². The van der Waals surface area contributed by atoms with Gasteiger partial charge in [-0.25, -0.2) is 0 Å². The van der Waals surface area contributed by atoms with Crippen LogP contribution < -0.4 is 0 Å². The zero-order chi connectivity index (χ0) is 14.5. The average Bonchev–Trinajstić information content (AvgIpc) is 2.49. The van der Waals surface area contributed by atoms with E-state index in [-0.39, 0.29) is 6.04 Å². The monoisotopic (exact) mass is 269 g/mol. The molecule has 0 saturated carbocycles. The Morgan fingerprint density at radius 2 is 1.50 bits per heavy atom. The molecule has 0 heterocycles. The van der Waals surface area contributed by atoms with Gasteiger partial charge in [0, 0.05) is 17.6 Å². The quantitative estimate of drug-likeness (QED) is 0.861. The fourth-order valence-corrected chi connectivity index (χ4v) is 2.83. The van der Waals surface area contributed by atoms with Crippen molar-refractivity contribution in [1.29, 1.82) is 0 Å². The highest BCUT2D eigenvalue weighted by Crippen LogP contribution is 2.33. The van der Waals surface area contributed by atoms with E-state index < -0.39 is 0 Å². The first kappa shape index (κ1) is 14.6. The molecule has 106 valence electrons. The molecule has 2 nitrogen and oxygen atoms in total. The predicted octanol–water partition coefficient (Wildman–Crippen LogP) is 4.54. The molecule has 0 saturated heterocycles. The molecule has 0 radical (unpaired) electrons. The molecule has 0 amide bonds. The number of para-hydroxylation sites is 1. The Morgan fingerprint density at radius 1 is 0.900 bits per heavy atom. The van der Waals surface area contributed by atoms with Gasteiger partial charge in [0.25, 0.3) is 0 Å². The first-order valence-electron chi connectivity index (χ1n) is 7.23. The van der Waals surface area contributed by atoms with Gasteiger partial charge in [0.05, 0.1) is 0 Å². The fraction of sp³-hybridized carbons (Fsp3) is 0.333. The summed E-state index contributed by atoms with van der Waals surface area (Å²) < 4.78 is 0. The van der Waals surface area contributed by atoms with Crippen LogP contribution in [0, 0.1) is 0 Å². The third kappa shape index (κ3) is 3.02. The highest BCUT2D eigenvalue weighted by Gasteiger charge is 2.22. The van der Waals surface area contributed by atoms with Crippen LogP contribution in [0.3, 0.4) is 0 Å². The van der Waals surface area contributed by atoms with Crippen molar-refractivity contribution in [2.45, 2.75) is 32.9 Å². The van der Waals surface area contributed by atoms with Gasteiger partial charge in [0.1, 0.15) is 5.75 Å². The summed E-state index contributed by atoms with van der Waals surface area (Å²) in [6.45, 7) is 7.47. The Balaban J connectivity index is 2.26. The van der Waals surface area contributed by atoms with Crippen LogP contribution in [0.5, 0.6) is 5.75 Å². The Kier molecular flexibility index (Phi) is 4.80. The molecular weight excluding hydrogens is 246 g/mol. The van der Waals surface area contributed by atoms with Crippen LogP contribution in [0.1, 0.15) is 44.0 Å². The van der Waals surface area contributed by atoms with Gasteiger partial charge in [-0.2, -0.15) is 0 Å². The van der Waals surface area contributed by atoms with Crippen molar-refractivity contribution < 1.29 is 5.11 Å². The Morgan fingerprint density at radius 3 is 2.10 bits per heavy atom. The second-order valence-corrected chi connectivity index (χ2v) is 5.15. The van der Waals surface area contributed by atoms with Gasteiger partial charge in [-0.3, -0.25) is 4.90 Å². The molecule has 0 aliphatic heterocycles. The topological polar surface area (TPSA) is 23.5 Å². The van der Waals surface area contributed by atoms with Crippen LogP contribution in [0.2, 0.25) is 0 Å². The van der Waals surface area contributed by atoms with Gasteiger partial charge in [0.15, 0.2) is 0 Å². The molecule has 0 unspecified atom stereocenters. The van der Waals surface area contributed by atoms with E-state index in [0.29, 0.717) is 11.8 Å². The number of nitrogens with zero attached hydrogens (tertiary/aromatic N) is 1. The number of rotatable bonds is 5. The summed E-state index contributed by atoms with van der Waals surface area (Å²) >= 11 is 0. The summed E-state index contributed by atoms with van der Waals surface area (Å²) in [7, 11) is 0. The maximum Gasteiger partial charge on any atom is 0.120 e. The van der Waals surface area contributed by atoms with Crippen molar-refractivity contribution in [3.05, 3.63) is 65.7 Å². The van der Waals surface area contributed by atoms with Crippen molar-refractivity contribution in [2.75, 3.05) is 6.54 Å². The minimum atomic E-state index is 0.177. The van der Waals surface area contributed by atoms with E-state index in [9.17, 15) is 5.11 Å². The maximum atomic E-state index is 10.1. The number of aromatic hydroxyl groups is 1. The van der Waals surface area contributed by atoms with Gasteiger partial charge in [-0.1, -0.05) is 55.5 Å². The Bertz CT molecular complexity index is 538. The molecular formula is C18H23NO. The van der Waals surface area contributed by atoms with Gasteiger partial charge >= 0.3 is 0 Å². The Labute approximate surface area is 121 Å². The third-order valence-electron chi connectivity index (χ3n) is 4.03. The lowest BCUT2D eigenvalue weighted by molar-refractivity contribution is 0.161. The van der Waals surface area contributed by atoms with Crippen molar-refractivity contribution in [3.8, 4) is 5.75 Å². The minimum Gasteiger partial charge on any atom is -0.508 e. The maximum absolute atomic E-state index is 10.1. The molecule has 0 fully saturated rings. The van der Waals surface area contributed by atoms with E-state index in [2.05, 4.69) is 49.9 Å². The van der Waals surface area contributed by atoms with Gasteiger partial charge in [-0.15, -0.1) is 0 Å². The first-order valence-corrected chi connectivity index (χ1v) is 7.23. The molecule has 2 aromatic rings. The number of hydrogen-bond acceptors (Lipinski definition) is 2. The lowest BCUT2D eigenvalue weighted by atomic mass is 10.0. The van der Waals surface area contributed by atoms with Crippen molar-refractivity contribution in [2.24, 2.45) is 0 Å². The van der Waals surface area contributed by atoms with Crippen molar-refractivity contribution >= 4 is 0 Å². The normalized spacial score (nSPS) is 14.2. The van der Waals surface area contributed by atoms with Crippen molar-refractivity contribution in [1.82, 2.24) is 4.90 Å². The smallest absolute Gasteiger partial charge is 0.120 e. The number of hydrogen-bond donors (Lipinski definition) is 1. The fourth-order valence-electron chi connectivity index (χ4n) is 2.83. The zero-order valence-corrected chi connectivity index (χ0v) is 12.5. The highest BCUT2D eigenvalue weighted by atomic mass is 16.3. The largest absolute Gasteiger partial charge is 0.508 e. The van der Waals surface area contributed by atoms with E-state index in [1.165, 1.54) is 5.56 Å². The van der Waals surface area contributed by atoms with Crippen LogP contribution >= 0.6 is 0 Å². The average molecular weight is 269 g/mol. The SMILES string of the molecule is CCN([C@H](C)c1ccccc1)[C@H](C)c1ccccc1O. The number of phenolic OH excluding ortho intramolecular Hbond substituents is 1. The molecule has 1 N–H and O–H groups in total. The van der Waals surface area contributed by atoms with Crippen molar-refractivity contribution in [3.63, 3.8) is 0 Å². The summed E-state index contributed by atoms with van der Waals surface area (Å²) in [6.07, 6.45) is 0. The molecule has 0 aliphatic rings. The highest BCUT2D eigenvalue weighted by molar-refractivity contribution is 5.34. The molecule has 2 aromatic carbocycles. The molecule has 0 spiro atoms. The van der Waals surface area contributed by atoms with Gasteiger partial charge < -0.3 is 5.11 Å². The molecule has 20 heavy (non-hydrogen) atoms. The van der Waals surface area contributed by atoms with Crippen LogP contribution in [-0.4, -0.2) is 16.6 Å². The lowest BCUT2D eigenvalue weighted by Gasteiger charge is -2.34. The van der Waals surface area contributed by atoms with Crippen LogP contribution in [-0.2, 0) is 0 Å². The second-order valence-electron chi connectivity index (χ2n) is 5.15. The Hall–Kier alpha value is -1.80. The van der Waals surface area contributed by atoms with Gasteiger partial charge in [-0.05, 0) is 32.0 Å². The number of phenols is 1. The second kappa shape index (κ2) is 6.58. The van der Waals surface area contributed by atoms with E-state index >= 15 is 0 Å². The van der Waals surface area contributed by atoms with E-state index in [1.807, 2.05) is 24.3 Å².